The maximum atomic E-state index is 15.0. The van der Waals surface area contributed by atoms with Crippen LogP contribution >= 0.6 is 0 Å². The Kier molecular flexibility index (Phi) is 7.33. The number of alkyl halides is 1. The largest absolute Gasteiger partial charge is 0.376 e. The normalized spacial score (nSPS) is 28.4. The molecule has 1 amide bonds. The first-order valence-corrected chi connectivity index (χ1v) is 9.85. The zero-order chi connectivity index (χ0) is 18.6. The number of hydrogen-bond acceptors (Lipinski definition) is 3. The summed E-state index contributed by atoms with van der Waals surface area (Å²) in [5.74, 6) is -0.362. The molecule has 2 radical (unpaired) electrons. The lowest BCUT2D eigenvalue weighted by Gasteiger charge is -2.40. The van der Waals surface area contributed by atoms with Crippen molar-refractivity contribution in [2.45, 2.75) is 83.6 Å². The van der Waals surface area contributed by atoms with Crippen LogP contribution in [0.1, 0.15) is 59.8 Å². The van der Waals surface area contributed by atoms with Crippen LogP contribution in [0.25, 0.3) is 0 Å². The molecule has 0 aromatic heterocycles. The lowest BCUT2D eigenvalue weighted by molar-refractivity contribution is -0.142. The molecule has 1 saturated carbocycles. The molecule has 0 spiro atoms. The van der Waals surface area contributed by atoms with Crippen LogP contribution in [0.3, 0.4) is 0 Å². The van der Waals surface area contributed by atoms with Crippen LogP contribution in [0.15, 0.2) is 0 Å². The molecule has 142 valence electrons. The number of rotatable bonds is 6. The Labute approximate surface area is 153 Å². The first-order chi connectivity index (χ1) is 11.7. The van der Waals surface area contributed by atoms with Crippen LogP contribution in [0.5, 0.6) is 0 Å². The molecule has 2 aliphatic rings. The van der Waals surface area contributed by atoms with Gasteiger partial charge < -0.3 is 9.64 Å². The Morgan fingerprint density at radius 2 is 1.68 bits per heavy atom. The monoisotopic (exact) mass is 352 g/mol. The summed E-state index contributed by atoms with van der Waals surface area (Å²) in [4.78, 5) is 16.5. The Morgan fingerprint density at radius 3 is 2.16 bits per heavy atom. The third kappa shape index (κ3) is 5.95. The summed E-state index contributed by atoms with van der Waals surface area (Å²) in [6.07, 6.45) is 4.25. The second-order valence-electron chi connectivity index (χ2n) is 8.32. The van der Waals surface area contributed by atoms with Gasteiger partial charge in [0.25, 0.3) is 0 Å². The van der Waals surface area contributed by atoms with Crippen molar-refractivity contribution < 1.29 is 13.9 Å². The molecule has 0 aromatic carbocycles. The smallest absolute Gasteiger partial charge is 0.250 e. The minimum Gasteiger partial charge on any atom is -0.376 e. The van der Waals surface area contributed by atoms with Gasteiger partial charge in [-0.05, 0) is 65.7 Å². The number of amides is 1. The van der Waals surface area contributed by atoms with Crippen molar-refractivity contribution in [3.05, 3.63) is 0 Å². The van der Waals surface area contributed by atoms with Crippen LogP contribution in [0.2, 0.25) is 0 Å². The molecule has 1 unspecified atom stereocenters. The lowest BCUT2D eigenvalue weighted by atomic mass is 9.71. The van der Waals surface area contributed by atoms with Crippen LogP contribution in [0.4, 0.5) is 4.39 Å². The number of ether oxygens (including phenoxy) is 1. The SMILES string of the molecule is [B]C(F)(CC1CCC(OC(C)C)CC1)C(=O)N1CCN(C(C)C)CC1. The number of carbonyl (C=O) groups is 1. The van der Waals surface area contributed by atoms with Gasteiger partial charge in [-0.1, -0.05) is 0 Å². The summed E-state index contributed by atoms with van der Waals surface area (Å²) < 4.78 is 20.8. The minimum atomic E-state index is -2.24. The molecular formula is C19H34BFN2O2. The third-order valence-electron chi connectivity index (χ3n) is 5.53. The molecule has 0 N–H and O–H groups in total. The molecule has 25 heavy (non-hydrogen) atoms. The quantitative estimate of drug-likeness (QED) is 0.689. The van der Waals surface area contributed by atoms with Crippen LogP contribution in [0, 0.1) is 5.92 Å². The molecular weight excluding hydrogens is 318 g/mol. The predicted octanol–water partition coefficient (Wildman–Crippen LogP) is 2.75. The van der Waals surface area contributed by atoms with Gasteiger partial charge in [-0.15, -0.1) is 0 Å². The topological polar surface area (TPSA) is 32.8 Å². The zero-order valence-corrected chi connectivity index (χ0v) is 16.3. The van der Waals surface area contributed by atoms with Gasteiger partial charge in [-0.3, -0.25) is 9.69 Å². The summed E-state index contributed by atoms with van der Waals surface area (Å²) in [5, 5.41) is 0. The van der Waals surface area contributed by atoms with E-state index in [1.165, 1.54) is 0 Å². The highest BCUT2D eigenvalue weighted by atomic mass is 19.1. The van der Waals surface area contributed by atoms with E-state index < -0.39 is 11.5 Å². The van der Waals surface area contributed by atoms with Gasteiger partial charge in [-0.25, -0.2) is 4.39 Å². The van der Waals surface area contributed by atoms with Crippen molar-refractivity contribution in [2.24, 2.45) is 5.92 Å². The Morgan fingerprint density at radius 1 is 1.12 bits per heavy atom. The number of carbonyl (C=O) groups excluding carboxylic acids is 1. The van der Waals surface area contributed by atoms with Crippen molar-refractivity contribution in [3.63, 3.8) is 0 Å². The summed E-state index contributed by atoms with van der Waals surface area (Å²) >= 11 is 0. The Hall–Kier alpha value is -0.615. The first-order valence-electron chi connectivity index (χ1n) is 9.85. The number of hydrogen-bond donors (Lipinski definition) is 0. The third-order valence-corrected chi connectivity index (χ3v) is 5.53. The number of halogens is 1. The van der Waals surface area contributed by atoms with E-state index in [2.05, 4.69) is 18.7 Å². The highest BCUT2D eigenvalue weighted by Crippen LogP contribution is 2.34. The fourth-order valence-electron chi connectivity index (χ4n) is 4.07. The maximum Gasteiger partial charge on any atom is 0.250 e. The van der Waals surface area contributed by atoms with Gasteiger partial charge in [0, 0.05) is 32.2 Å². The number of piperazine rings is 1. The Bertz CT molecular complexity index is 429. The van der Waals surface area contributed by atoms with Gasteiger partial charge in [0.2, 0.25) is 5.91 Å². The molecule has 6 heteroatoms. The molecule has 4 nitrogen and oxygen atoms in total. The minimum absolute atomic E-state index is 0.130. The van der Waals surface area contributed by atoms with Gasteiger partial charge in [0.05, 0.1) is 12.2 Å². The molecule has 1 heterocycles. The molecule has 0 aromatic rings. The van der Waals surface area contributed by atoms with E-state index in [1.54, 1.807) is 4.90 Å². The van der Waals surface area contributed by atoms with Crippen molar-refractivity contribution in [1.82, 2.24) is 9.80 Å². The highest BCUT2D eigenvalue weighted by Gasteiger charge is 2.40. The van der Waals surface area contributed by atoms with E-state index in [1.807, 2.05) is 13.8 Å². The van der Waals surface area contributed by atoms with E-state index in [9.17, 15) is 9.18 Å². The molecule has 1 aliphatic heterocycles. The van der Waals surface area contributed by atoms with Crippen LogP contribution in [-0.2, 0) is 9.53 Å². The average molecular weight is 352 g/mol. The molecule has 1 aliphatic carbocycles. The van der Waals surface area contributed by atoms with Crippen molar-refractivity contribution in [2.75, 3.05) is 26.2 Å². The van der Waals surface area contributed by atoms with E-state index in [-0.39, 0.29) is 24.5 Å². The van der Waals surface area contributed by atoms with Gasteiger partial charge in [-0.2, -0.15) is 0 Å². The van der Waals surface area contributed by atoms with E-state index in [0.29, 0.717) is 19.1 Å². The standard InChI is InChI=1S/C19H34BFN2O2/c1-14(2)22-9-11-23(12-10-22)18(24)19(20,21)13-16-5-7-17(8-6-16)25-15(3)4/h14-17H,5-13H2,1-4H3. The highest BCUT2D eigenvalue weighted by molar-refractivity contribution is 6.27. The Balaban J connectivity index is 1.80. The molecule has 0 bridgehead atoms. The maximum absolute atomic E-state index is 15.0. The summed E-state index contributed by atoms with van der Waals surface area (Å²) in [6, 6.07) is 0.452. The van der Waals surface area contributed by atoms with Gasteiger partial charge >= 0.3 is 0 Å². The first kappa shape index (κ1) is 20.7. The number of nitrogens with zero attached hydrogens (tertiary/aromatic N) is 2. The molecule has 1 saturated heterocycles. The van der Waals surface area contributed by atoms with Gasteiger partial charge in [0.15, 0.2) is 0 Å². The fourth-order valence-corrected chi connectivity index (χ4v) is 4.07. The zero-order valence-electron chi connectivity index (χ0n) is 16.3. The molecule has 2 fully saturated rings. The van der Waals surface area contributed by atoms with Crippen LogP contribution in [-0.4, -0.2) is 73.6 Å². The molecule has 1 atom stereocenters. The fraction of sp³-hybridized carbons (Fsp3) is 0.947. The lowest BCUT2D eigenvalue weighted by Crippen LogP contribution is -2.56. The summed E-state index contributed by atoms with van der Waals surface area (Å²) in [5.41, 5.74) is -2.24. The predicted molar refractivity (Wildman–Crippen MR) is 99.5 cm³/mol. The second-order valence-corrected chi connectivity index (χ2v) is 8.32. The van der Waals surface area contributed by atoms with Gasteiger partial charge in [0.1, 0.15) is 13.4 Å². The second kappa shape index (κ2) is 8.85. The molecule has 2 rings (SSSR count). The van der Waals surface area contributed by atoms with Crippen molar-refractivity contribution in [3.8, 4) is 0 Å². The van der Waals surface area contributed by atoms with E-state index in [4.69, 9.17) is 12.6 Å². The van der Waals surface area contributed by atoms with Crippen LogP contribution < -0.4 is 0 Å². The van der Waals surface area contributed by atoms with E-state index in [0.717, 1.165) is 38.8 Å². The van der Waals surface area contributed by atoms with Crippen molar-refractivity contribution in [1.29, 1.82) is 0 Å². The summed E-state index contributed by atoms with van der Waals surface area (Å²) in [6.45, 7) is 11.1. The summed E-state index contributed by atoms with van der Waals surface area (Å²) in [7, 11) is 5.83. The van der Waals surface area contributed by atoms with E-state index >= 15 is 0 Å². The average Bonchev–Trinajstić information content (AvgIpc) is 2.55. The van der Waals surface area contributed by atoms with Crippen molar-refractivity contribution >= 4 is 13.8 Å².